The van der Waals surface area contributed by atoms with E-state index in [-0.39, 0.29) is 5.69 Å². The molecule has 15 heavy (non-hydrogen) atoms. The molecule has 2 heterocycles. The number of H-pyrrole nitrogens is 1. The van der Waals surface area contributed by atoms with Crippen LogP contribution >= 0.6 is 0 Å². The molecule has 0 aromatic carbocycles. The first-order valence-corrected chi connectivity index (χ1v) is 4.52. The van der Waals surface area contributed by atoms with Crippen LogP contribution in [-0.2, 0) is 6.42 Å². The molecule has 0 unspecified atom stereocenters. The van der Waals surface area contributed by atoms with Gasteiger partial charge in [0.15, 0.2) is 0 Å². The summed E-state index contributed by atoms with van der Waals surface area (Å²) in [6, 6.07) is 2.46. The lowest BCUT2D eigenvalue weighted by Crippen LogP contribution is -2.12. The minimum Gasteiger partial charge on any atom is -0.307 e. The van der Waals surface area contributed by atoms with Crippen LogP contribution in [0.3, 0.4) is 0 Å². The number of aromatic amines is 1. The Bertz CT molecular complexity index is 544. The Morgan fingerprint density at radius 1 is 1.53 bits per heavy atom. The fraction of sp³-hybridized carbons (Fsp3) is 0.333. The van der Waals surface area contributed by atoms with E-state index in [1.165, 1.54) is 0 Å². The number of nitrogens with one attached hydrogen (secondary N) is 1. The number of halogens is 2. The van der Waals surface area contributed by atoms with Crippen LogP contribution in [0.4, 0.5) is 8.78 Å². The molecule has 0 saturated carbocycles. The van der Waals surface area contributed by atoms with Crippen molar-refractivity contribution in [1.29, 1.82) is 0 Å². The average molecular weight is 213 g/mol. The van der Waals surface area contributed by atoms with Crippen LogP contribution in [0, 0.1) is 0 Å². The zero-order valence-electron chi connectivity index (χ0n) is 8.00. The van der Waals surface area contributed by atoms with Crippen molar-refractivity contribution in [2.24, 2.45) is 0 Å². The highest BCUT2D eigenvalue weighted by molar-refractivity contribution is 5.40. The van der Waals surface area contributed by atoms with E-state index in [9.17, 15) is 13.6 Å². The number of hydrogen-bond donors (Lipinski definition) is 1. The molecule has 0 amide bonds. The molecule has 0 atom stereocenters. The van der Waals surface area contributed by atoms with E-state index in [2.05, 4.69) is 10.1 Å². The second kappa shape index (κ2) is 3.45. The second-order valence-electron chi connectivity index (χ2n) is 3.15. The van der Waals surface area contributed by atoms with Crippen LogP contribution in [0.5, 0.6) is 0 Å². The molecule has 2 aromatic rings. The van der Waals surface area contributed by atoms with Gasteiger partial charge in [0.2, 0.25) is 0 Å². The summed E-state index contributed by atoms with van der Waals surface area (Å²) in [6.07, 6.45) is -2.08. The van der Waals surface area contributed by atoms with E-state index in [1.807, 2.05) is 6.92 Å². The van der Waals surface area contributed by atoms with Crippen LogP contribution in [-0.4, -0.2) is 14.6 Å². The molecule has 2 aromatic heterocycles. The predicted molar refractivity (Wildman–Crippen MR) is 50.1 cm³/mol. The van der Waals surface area contributed by atoms with Crippen LogP contribution in [0.2, 0.25) is 0 Å². The number of aryl methyl sites for hydroxylation is 1. The quantitative estimate of drug-likeness (QED) is 0.822. The largest absolute Gasteiger partial charge is 0.307 e. The van der Waals surface area contributed by atoms with Crippen molar-refractivity contribution < 1.29 is 8.78 Å². The third-order valence-electron chi connectivity index (χ3n) is 2.12. The summed E-state index contributed by atoms with van der Waals surface area (Å²) in [5.41, 5.74) is 0.0437. The van der Waals surface area contributed by atoms with Crippen LogP contribution < -0.4 is 5.56 Å². The van der Waals surface area contributed by atoms with Crippen molar-refractivity contribution in [3.8, 4) is 0 Å². The van der Waals surface area contributed by atoms with E-state index < -0.39 is 12.0 Å². The highest BCUT2D eigenvalue weighted by atomic mass is 19.3. The van der Waals surface area contributed by atoms with Gasteiger partial charge in [-0.2, -0.15) is 5.10 Å². The van der Waals surface area contributed by atoms with Gasteiger partial charge >= 0.3 is 0 Å². The maximum absolute atomic E-state index is 12.6. The summed E-state index contributed by atoms with van der Waals surface area (Å²) < 4.78 is 26.2. The van der Waals surface area contributed by atoms with Gasteiger partial charge in [0.25, 0.3) is 12.0 Å². The van der Waals surface area contributed by atoms with Crippen molar-refractivity contribution in [3.63, 3.8) is 0 Å². The zero-order valence-corrected chi connectivity index (χ0v) is 8.00. The molecule has 2 rings (SSSR count). The molecule has 0 spiro atoms. The van der Waals surface area contributed by atoms with Crippen molar-refractivity contribution in [3.05, 3.63) is 33.9 Å². The van der Waals surface area contributed by atoms with Crippen LogP contribution in [0.15, 0.2) is 16.9 Å². The lowest BCUT2D eigenvalue weighted by atomic mass is 10.3. The first-order chi connectivity index (χ1) is 7.11. The fourth-order valence-electron chi connectivity index (χ4n) is 1.40. The molecule has 0 aliphatic rings. The Balaban J connectivity index is 2.78. The Labute approximate surface area is 83.5 Å². The fourth-order valence-corrected chi connectivity index (χ4v) is 1.40. The molecule has 1 N–H and O–H groups in total. The zero-order chi connectivity index (χ0) is 11.0. The number of hydrogen-bond acceptors (Lipinski definition) is 2. The van der Waals surface area contributed by atoms with Crippen molar-refractivity contribution in [2.75, 3.05) is 0 Å². The van der Waals surface area contributed by atoms with Gasteiger partial charge in [-0.25, -0.2) is 13.3 Å². The second-order valence-corrected chi connectivity index (χ2v) is 3.15. The summed E-state index contributed by atoms with van der Waals surface area (Å²) in [7, 11) is 0. The molecule has 0 bridgehead atoms. The summed E-state index contributed by atoms with van der Waals surface area (Å²) >= 11 is 0. The third-order valence-corrected chi connectivity index (χ3v) is 2.12. The van der Waals surface area contributed by atoms with Gasteiger partial charge in [0, 0.05) is 12.1 Å². The van der Waals surface area contributed by atoms with Gasteiger partial charge < -0.3 is 4.98 Å². The maximum Gasteiger partial charge on any atom is 0.280 e. The van der Waals surface area contributed by atoms with Crippen LogP contribution in [0.1, 0.15) is 24.7 Å². The molecule has 0 aliphatic carbocycles. The summed E-state index contributed by atoms with van der Waals surface area (Å²) in [5.74, 6) is 0. The Morgan fingerprint density at radius 3 is 2.87 bits per heavy atom. The summed E-state index contributed by atoms with van der Waals surface area (Å²) in [5, 5.41) is 3.96. The van der Waals surface area contributed by atoms with Crippen LogP contribution in [0.25, 0.3) is 5.65 Å². The van der Waals surface area contributed by atoms with Gasteiger partial charge in [-0.1, -0.05) is 6.92 Å². The van der Waals surface area contributed by atoms with E-state index in [0.29, 0.717) is 17.8 Å². The Kier molecular flexibility index (Phi) is 2.26. The van der Waals surface area contributed by atoms with Crippen molar-refractivity contribution in [2.45, 2.75) is 19.8 Å². The number of rotatable bonds is 2. The Morgan fingerprint density at radius 2 is 2.27 bits per heavy atom. The Hall–Kier alpha value is -1.72. The highest BCUT2D eigenvalue weighted by Crippen LogP contribution is 2.17. The van der Waals surface area contributed by atoms with Gasteiger partial charge in [0.05, 0.1) is 5.69 Å². The molecule has 0 radical (unpaired) electrons. The average Bonchev–Trinajstić information content (AvgIpc) is 2.58. The molecule has 80 valence electrons. The maximum atomic E-state index is 12.6. The normalized spacial score (nSPS) is 11.5. The monoisotopic (exact) mass is 213 g/mol. The number of fused-ring (bicyclic) bond motifs is 1. The predicted octanol–water partition coefficient (Wildman–Crippen LogP) is 1.52. The lowest BCUT2D eigenvalue weighted by Gasteiger charge is -2.01. The van der Waals surface area contributed by atoms with E-state index in [4.69, 9.17) is 0 Å². The van der Waals surface area contributed by atoms with Gasteiger partial charge in [-0.15, -0.1) is 0 Å². The number of alkyl halides is 2. The highest BCUT2D eigenvalue weighted by Gasteiger charge is 2.14. The van der Waals surface area contributed by atoms with E-state index in [0.717, 1.165) is 10.6 Å². The first-order valence-electron chi connectivity index (χ1n) is 4.52. The minimum atomic E-state index is -2.71. The number of aromatic nitrogens is 3. The molecule has 0 aliphatic heterocycles. The standard InChI is InChI=1S/C9H9F2N3O/c1-2-5-3-7-12-8(15)4-6(9(10)11)14(7)13-5/h3-4,9H,2H2,1H3,(H,12,15). The lowest BCUT2D eigenvalue weighted by molar-refractivity contribution is 0.143. The van der Waals surface area contributed by atoms with E-state index >= 15 is 0 Å². The summed E-state index contributed by atoms with van der Waals surface area (Å²) in [4.78, 5) is 13.5. The number of nitrogens with zero attached hydrogens (tertiary/aromatic N) is 2. The van der Waals surface area contributed by atoms with Gasteiger partial charge in [-0.05, 0) is 6.42 Å². The molecular formula is C9H9F2N3O. The van der Waals surface area contributed by atoms with Gasteiger partial charge in [0.1, 0.15) is 11.3 Å². The van der Waals surface area contributed by atoms with Crippen molar-refractivity contribution >= 4 is 5.65 Å². The molecule has 4 nitrogen and oxygen atoms in total. The smallest absolute Gasteiger partial charge is 0.280 e. The topological polar surface area (TPSA) is 50.2 Å². The minimum absolute atomic E-state index is 0.301. The summed E-state index contributed by atoms with van der Waals surface area (Å²) in [6.45, 7) is 1.86. The molecule has 0 fully saturated rings. The third kappa shape index (κ3) is 1.62. The van der Waals surface area contributed by atoms with Crippen molar-refractivity contribution in [1.82, 2.24) is 14.6 Å². The molecule has 6 heteroatoms. The SMILES string of the molecule is CCc1cc2[nH]c(=O)cc(C(F)F)n2n1. The van der Waals surface area contributed by atoms with E-state index in [1.54, 1.807) is 6.07 Å². The molecule has 0 saturated heterocycles. The first kappa shape index (κ1) is 9.82. The van der Waals surface area contributed by atoms with Gasteiger partial charge in [-0.3, -0.25) is 4.79 Å². The molecular weight excluding hydrogens is 204 g/mol.